The first kappa shape index (κ1) is 25.7. The van der Waals surface area contributed by atoms with Crippen LogP contribution in [0.2, 0.25) is 0 Å². The van der Waals surface area contributed by atoms with Crippen molar-refractivity contribution in [3.8, 4) is 0 Å². The molecule has 8 nitrogen and oxygen atoms in total. The van der Waals surface area contributed by atoms with E-state index in [9.17, 15) is 9.59 Å². The van der Waals surface area contributed by atoms with Gasteiger partial charge in [0.1, 0.15) is 5.60 Å². The highest BCUT2D eigenvalue weighted by Crippen LogP contribution is 2.18. The van der Waals surface area contributed by atoms with E-state index >= 15 is 0 Å². The van der Waals surface area contributed by atoms with E-state index in [-0.39, 0.29) is 29.9 Å². The smallest absolute Gasteiger partial charge is 0.408 e. The van der Waals surface area contributed by atoms with Gasteiger partial charge in [-0.3, -0.25) is 9.79 Å². The number of carbonyl (C=O) groups excluding carboxylic acids is 2. The van der Waals surface area contributed by atoms with Crippen LogP contribution >= 0.6 is 24.0 Å². The summed E-state index contributed by atoms with van der Waals surface area (Å²) in [5.41, 5.74) is -1.04. The molecule has 4 N–H and O–H groups in total. The maximum Gasteiger partial charge on any atom is 0.408 e. The van der Waals surface area contributed by atoms with Gasteiger partial charge in [0.15, 0.2) is 5.96 Å². The van der Waals surface area contributed by atoms with Gasteiger partial charge in [0.25, 0.3) is 0 Å². The standard InChI is InChI=1S/C18H35N5O3.HI/c1-17(2,3)26-16(25)23-18(4,5)12-21-15(19-6)20-11-7-8-14(24)22-13-9-10-13;/h13H,7-12H2,1-6H3,(H,22,24)(H,23,25)(H2,19,20,21);1H. The van der Waals surface area contributed by atoms with Crippen molar-refractivity contribution in [2.24, 2.45) is 4.99 Å². The minimum atomic E-state index is -0.531. The van der Waals surface area contributed by atoms with E-state index < -0.39 is 17.2 Å². The van der Waals surface area contributed by atoms with Crippen molar-refractivity contribution in [3.63, 3.8) is 0 Å². The zero-order valence-corrected chi connectivity index (χ0v) is 19.7. The molecule has 1 rings (SSSR count). The monoisotopic (exact) mass is 497 g/mol. The summed E-state index contributed by atoms with van der Waals surface area (Å²) < 4.78 is 5.28. The van der Waals surface area contributed by atoms with E-state index in [1.807, 2.05) is 34.6 Å². The summed E-state index contributed by atoms with van der Waals surface area (Å²) in [4.78, 5) is 27.7. The summed E-state index contributed by atoms with van der Waals surface area (Å²) in [6.45, 7) is 10.4. The molecule has 1 aliphatic carbocycles. The molecule has 0 radical (unpaired) electrons. The van der Waals surface area contributed by atoms with Crippen molar-refractivity contribution < 1.29 is 14.3 Å². The lowest BCUT2D eigenvalue weighted by Gasteiger charge is -2.29. The van der Waals surface area contributed by atoms with Gasteiger partial charge in [0.2, 0.25) is 5.91 Å². The van der Waals surface area contributed by atoms with Gasteiger partial charge in [-0.1, -0.05) is 0 Å². The first-order valence-corrected chi connectivity index (χ1v) is 9.26. The molecule has 158 valence electrons. The summed E-state index contributed by atoms with van der Waals surface area (Å²) in [5.74, 6) is 0.742. The highest BCUT2D eigenvalue weighted by Gasteiger charge is 2.25. The molecule has 0 atom stereocenters. The maximum absolute atomic E-state index is 11.9. The summed E-state index contributed by atoms with van der Waals surface area (Å²) in [7, 11) is 1.68. The number of hydrogen-bond acceptors (Lipinski definition) is 4. The van der Waals surface area contributed by atoms with Crippen LogP contribution in [0.15, 0.2) is 4.99 Å². The van der Waals surface area contributed by atoms with Gasteiger partial charge < -0.3 is 26.0 Å². The molecule has 0 aromatic heterocycles. The number of nitrogens with zero attached hydrogens (tertiary/aromatic N) is 1. The molecule has 0 unspecified atom stereocenters. The molecule has 0 aliphatic heterocycles. The van der Waals surface area contributed by atoms with Gasteiger partial charge in [0, 0.05) is 32.6 Å². The summed E-state index contributed by atoms with van der Waals surface area (Å²) in [5, 5.41) is 12.2. The Morgan fingerprint density at radius 3 is 2.26 bits per heavy atom. The fraction of sp³-hybridized carbons (Fsp3) is 0.833. The van der Waals surface area contributed by atoms with E-state index in [1.165, 1.54) is 0 Å². The lowest BCUT2D eigenvalue weighted by molar-refractivity contribution is -0.121. The number of amides is 2. The van der Waals surface area contributed by atoms with Gasteiger partial charge in [-0.05, 0) is 53.9 Å². The number of aliphatic imine (C=N–C) groups is 1. The second-order valence-corrected chi connectivity index (χ2v) is 8.31. The van der Waals surface area contributed by atoms with Crippen molar-refractivity contribution in [1.29, 1.82) is 0 Å². The highest BCUT2D eigenvalue weighted by atomic mass is 127. The lowest BCUT2D eigenvalue weighted by Crippen LogP contribution is -2.54. The summed E-state index contributed by atoms with van der Waals surface area (Å²) in [6, 6.07) is 0.407. The first-order chi connectivity index (χ1) is 12.0. The number of ether oxygens (including phenoxy) is 1. The number of hydrogen-bond donors (Lipinski definition) is 4. The number of nitrogens with one attached hydrogen (secondary N) is 4. The predicted octanol–water partition coefficient (Wildman–Crippen LogP) is 2.13. The molecule has 0 aromatic rings. The minimum Gasteiger partial charge on any atom is -0.444 e. The third kappa shape index (κ3) is 13.5. The van der Waals surface area contributed by atoms with Crippen molar-refractivity contribution in [2.75, 3.05) is 20.1 Å². The summed E-state index contributed by atoms with van der Waals surface area (Å²) in [6.07, 6.45) is 3.00. The van der Waals surface area contributed by atoms with Crippen LogP contribution in [0, 0.1) is 0 Å². The van der Waals surface area contributed by atoms with Crippen molar-refractivity contribution in [1.82, 2.24) is 21.3 Å². The molecule has 1 aliphatic rings. The third-order valence-electron chi connectivity index (χ3n) is 3.58. The molecule has 2 amide bonds. The van der Waals surface area contributed by atoms with Gasteiger partial charge in [-0.25, -0.2) is 4.79 Å². The Morgan fingerprint density at radius 1 is 1.11 bits per heavy atom. The molecular weight excluding hydrogens is 461 g/mol. The summed E-state index contributed by atoms with van der Waals surface area (Å²) >= 11 is 0. The van der Waals surface area contributed by atoms with E-state index in [0.29, 0.717) is 31.5 Å². The van der Waals surface area contributed by atoms with Crippen LogP contribution in [0.1, 0.15) is 60.3 Å². The Morgan fingerprint density at radius 2 is 1.74 bits per heavy atom. The topological polar surface area (TPSA) is 104 Å². The second-order valence-electron chi connectivity index (χ2n) is 8.31. The number of rotatable bonds is 8. The van der Waals surface area contributed by atoms with E-state index in [4.69, 9.17) is 4.74 Å². The van der Waals surface area contributed by atoms with Crippen molar-refractivity contribution in [2.45, 2.75) is 77.5 Å². The number of guanidine groups is 1. The largest absolute Gasteiger partial charge is 0.444 e. The van der Waals surface area contributed by atoms with E-state index in [2.05, 4.69) is 26.3 Å². The minimum absolute atomic E-state index is 0. The first-order valence-electron chi connectivity index (χ1n) is 9.26. The van der Waals surface area contributed by atoms with Gasteiger partial charge in [0.05, 0.1) is 5.54 Å². The maximum atomic E-state index is 11.9. The van der Waals surface area contributed by atoms with Crippen molar-refractivity contribution >= 4 is 41.9 Å². The Labute approximate surface area is 180 Å². The fourth-order valence-electron chi connectivity index (χ4n) is 2.13. The van der Waals surface area contributed by atoms with Crippen LogP contribution in [0.5, 0.6) is 0 Å². The molecule has 1 saturated carbocycles. The normalized spacial score (nSPS) is 14.7. The van der Waals surface area contributed by atoms with Crippen LogP contribution in [-0.2, 0) is 9.53 Å². The van der Waals surface area contributed by atoms with Gasteiger partial charge in [-0.15, -0.1) is 24.0 Å². The van der Waals surface area contributed by atoms with Crippen LogP contribution in [0.4, 0.5) is 4.79 Å². The highest BCUT2D eigenvalue weighted by molar-refractivity contribution is 14.0. The molecule has 27 heavy (non-hydrogen) atoms. The molecule has 0 bridgehead atoms. The number of carbonyl (C=O) groups is 2. The van der Waals surface area contributed by atoms with Crippen LogP contribution in [0.3, 0.4) is 0 Å². The SMILES string of the molecule is CN=C(NCCCC(=O)NC1CC1)NCC(C)(C)NC(=O)OC(C)(C)C.I. The average Bonchev–Trinajstić information content (AvgIpc) is 3.27. The fourth-order valence-corrected chi connectivity index (χ4v) is 2.13. The van der Waals surface area contributed by atoms with Crippen LogP contribution in [-0.4, -0.2) is 55.3 Å². The molecule has 9 heteroatoms. The van der Waals surface area contributed by atoms with Crippen LogP contribution < -0.4 is 21.3 Å². The number of alkyl carbamates (subject to hydrolysis) is 1. The second kappa shape index (κ2) is 11.6. The molecule has 0 aromatic carbocycles. The van der Waals surface area contributed by atoms with Crippen LogP contribution in [0.25, 0.3) is 0 Å². The quantitative estimate of drug-likeness (QED) is 0.178. The Hall–Kier alpha value is -1.26. The lowest BCUT2D eigenvalue weighted by atomic mass is 10.1. The van der Waals surface area contributed by atoms with E-state index in [0.717, 1.165) is 19.3 Å². The van der Waals surface area contributed by atoms with Gasteiger partial charge in [-0.2, -0.15) is 0 Å². The zero-order chi connectivity index (χ0) is 19.8. The molecule has 1 fully saturated rings. The average molecular weight is 497 g/mol. The number of halogens is 1. The molecular formula is C18H36IN5O3. The van der Waals surface area contributed by atoms with Gasteiger partial charge >= 0.3 is 6.09 Å². The van der Waals surface area contributed by atoms with Crippen molar-refractivity contribution in [3.05, 3.63) is 0 Å². The Kier molecular flexibility index (Phi) is 11.0. The third-order valence-corrected chi connectivity index (χ3v) is 3.58. The molecule has 0 saturated heterocycles. The molecule has 0 heterocycles. The predicted molar refractivity (Wildman–Crippen MR) is 119 cm³/mol. The Bertz CT molecular complexity index is 514. The Balaban J connectivity index is 0.00000676. The zero-order valence-electron chi connectivity index (χ0n) is 17.4. The molecule has 0 spiro atoms. The van der Waals surface area contributed by atoms with E-state index in [1.54, 1.807) is 7.05 Å².